The average Bonchev–Trinajstić information content (AvgIpc) is 2.81. The maximum absolute atomic E-state index is 11.6. The van der Waals surface area contributed by atoms with Gasteiger partial charge < -0.3 is 10.3 Å². The minimum atomic E-state index is 0.0424. The molecule has 1 amide bonds. The first-order valence-electron chi connectivity index (χ1n) is 5.32. The number of aryl methyl sites for hydroxylation is 1. The molecule has 3 nitrogen and oxygen atoms in total. The Morgan fingerprint density at radius 1 is 1.12 bits per heavy atom. The summed E-state index contributed by atoms with van der Waals surface area (Å²) in [6, 6.07) is 13.4. The first-order chi connectivity index (χ1) is 7.84. The maximum atomic E-state index is 11.6. The number of hydrogen-bond donors (Lipinski definition) is 2. The van der Waals surface area contributed by atoms with Gasteiger partial charge in [0.05, 0.1) is 0 Å². The third kappa shape index (κ3) is 2.98. The summed E-state index contributed by atoms with van der Waals surface area (Å²) in [6.07, 6.45) is 3.10. The van der Waals surface area contributed by atoms with E-state index in [1.807, 2.05) is 48.7 Å². The van der Waals surface area contributed by atoms with Crippen LogP contribution in [-0.4, -0.2) is 10.9 Å². The highest BCUT2D eigenvalue weighted by molar-refractivity contribution is 5.90. The van der Waals surface area contributed by atoms with Gasteiger partial charge in [0, 0.05) is 24.0 Å². The van der Waals surface area contributed by atoms with E-state index in [1.165, 1.54) is 0 Å². The fraction of sp³-hybridized carbons (Fsp3) is 0.154. The van der Waals surface area contributed by atoms with E-state index in [2.05, 4.69) is 10.3 Å². The highest BCUT2D eigenvalue weighted by Crippen LogP contribution is 2.06. The molecule has 0 fully saturated rings. The summed E-state index contributed by atoms with van der Waals surface area (Å²) in [5.41, 5.74) is 1.93. The third-order valence-corrected chi connectivity index (χ3v) is 2.34. The van der Waals surface area contributed by atoms with E-state index in [9.17, 15) is 4.79 Å². The van der Waals surface area contributed by atoms with Crippen molar-refractivity contribution in [2.75, 3.05) is 5.32 Å². The van der Waals surface area contributed by atoms with Crippen molar-refractivity contribution in [2.45, 2.75) is 12.8 Å². The molecule has 0 saturated heterocycles. The first kappa shape index (κ1) is 10.5. The van der Waals surface area contributed by atoms with Crippen LogP contribution in [0.5, 0.6) is 0 Å². The Bertz CT molecular complexity index is 434. The molecule has 3 heteroatoms. The lowest BCUT2D eigenvalue weighted by Crippen LogP contribution is -2.12. The molecule has 1 aromatic heterocycles. The molecular weight excluding hydrogens is 200 g/mol. The smallest absolute Gasteiger partial charge is 0.224 e. The number of hydrogen-bond acceptors (Lipinski definition) is 1. The molecule has 0 aliphatic rings. The molecule has 16 heavy (non-hydrogen) atoms. The Balaban J connectivity index is 1.81. The normalized spacial score (nSPS) is 10.0. The number of carbonyl (C=O) groups excluding carboxylic acids is 1. The highest BCUT2D eigenvalue weighted by atomic mass is 16.1. The van der Waals surface area contributed by atoms with Crippen molar-refractivity contribution in [1.29, 1.82) is 0 Å². The molecule has 0 radical (unpaired) electrons. The maximum Gasteiger partial charge on any atom is 0.224 e. The van der Waals surface area contributed by atoms with Crippen molar-refractivity contribution in [3.8, 4) is 0 Å². The van der Waals surface area contributed by atoms with Gasteiger partial charge in [-0.3, -0.25) is 4.79 Å². The van der Waals surface area contributed by atoms with Crippen LogP contribution < -0.4 is 5.32 Å². The van der Waals surface area contributed by atoms with E-state index in [0.29, 0.717) is 6.42 Å². The lowest BCUT2D eigenvalue weighted by atomic mass is 10.2. The van der Waals surface area contributed by atoms with Gasteiger partial charge in [0.2, 0.25) is 5.91 Å². The Labute approximate surface area is 94.5 Å². The second-order valence-electron chi connectivity index (χ2n) is 3.61. The summed E-state index contributed by atoms with van der Waals surface area (Å²) < 4.78 is 0. The van der Waals surface area contributed by atoms with Crippen LogP contribution in [0.15, 0.2) is 48.7 Å². The quantitative estimate of drug-likeness (QED) is 0.807. The molecular formula is C13H14N2O. The van der Waals surface area contributed by atoms with Gasteiger partial charge in [-0.2, -0.15) is 0 Å². The molecule has 1 aromatic carbocycles. The zero-order valence-corrected chi connectivity index (χ0v) is 8.94. The van der Waals surface area contributed by atoms with Gasteiger partial charge in [-0.05, 0) is 30.7 Å². The molecule has 0 saturated carbocycles. The van der Waals surface area contributed by atoms with E-state index in [0.717, 1.165) is 17.8 Å². The van der Waals surface area contributed by atoms with Gasteiger partial charge in [-0.15, -0.1) is 0 Å². The molecule has 0 spiro atoms. The number of carbonyl (C=O) groups is 1. The number of anilines is 1. The van der Waals surface area contributed by atoms with Crippen LogP contribution in [0.4, 0.5) is 5.69 Å². The van der Waals surface area contributed by atoms with Crippen molar-refractivity contribution >= 4 is 11.6 Å². The molecule has 0 aliphatic carbocycles. The molecule has 82 valence electrons. The van der Waals surface area contributed by atoms with Crippen LogP contribution in [0.25, 0.3) is 0 Å². The third-order valence-electron chi connectivity index (χ3n) is 2.34. The van der Waals surface area contributed by atoms with Gasteiger partial charge in [0.25, 0.3) is 0 Å². The number of amides is 1. The van der Waals surface area contributed by atoms with Crippen LogP contribution in [0.1, 0.15) is 12.1 Å². The van der Waals surface area contributed by atoms with Crippen molar-refractivity contribution in [3.63, 3.8) is 0 Å². The Kier molecular flexibility index (Phi) is 3.38. The Hall–Kier alpha value is -2.03. The molecule has 0 aliphatic heterocycles. The summed E-state index contributed by atoms with van der Waals surface area (Å²) in [4.78, 5) is 14.7. The SMILES string of the molecule is O=C(CCc1ccc[nH]1)Nc1ccccc1. The largest absolute Gasteiger partial charge is 0.365 e. The van der Waals surface area contributed by atoms with Gasteiger partial charge in [-0.25, -0.2) is 0 Å². The first-order valence-corrected chi connectivity index (χ1v) is 5.32. The minimum absolute atomic E-state index is 0.0424. The van der Waals surface area contributed by atoms with E-state index in [1.54, 1.807) is 0 Å². The Morgan fingerprint density at radius 3 is 2.62 bits per heavy atom. The second-order valence-corrected chi connectivity index (χ2v) is 3.61. The van der Waals surface area contributed by atoms with Gasteiger partial charge in [0.15, 0.2) is 0 Å². The lowest BCUT2D eigenvalue weighted by Gasteiger charge is -2.03. The monoisotopic (exact) mass is 214 g/mol. The predicted molar refractivity (Wildman–Crippen MR) is 64.2 cm³/mol. The summed E-state index contributed by atoms with van der Waals surface area (Å²) in [5.74, 6) is 0.0424. The number of H-pyrrole nitrogens is 1. The molecule has 0 bridgehead atoms. The van der Waals surface area contributed by atoms with Crippen molar-refractivity contribution in [2.24, 2.45) is 0 Å². The summed E-state index contributed by atoms with van der Waals surface area (Å²) >= 11 is 0. The topological polar surface area (TPSA) is 44.9 Å². The van der Waals surface area contributed by atoms with Gasteiger partial charge in [-0.1, -0.05) is 18.2 Å². The number of aromatic nitrogens is 1. The minimum Gasteiger partial charge on any atom is -0.365 e. The summed E-state index contributed by atoms with van der Waals surface area (Å²) in [7, 11) is 0. The van der Waals surface area contributed by atoms with E-state index >= 15 is 0 Å². The Morgan fingerprint density at radius 2 is 1.94 bits per heavy atom. The number of rotatable bonds is 4. The number of para-hydroxylation sites is 1. The van der Waals surface area contributed by atoms with Crippen LogP contribution in [-0.2, 0) is 11.2 Å². The zero-order valence-electron chi connectivity index (χ0n) is 8.94. The van der Waals surface area contributed by atoms with Crippen molar-refractivity contribution in [1.82, 2.24) is 4.98 Å². The van der Waals surface area contributed by atoms with E-state index in [-0.39, 0.29) is 5.91 Å². The van der Waals surface area contributed by atoms with Crippen LogP contribution in [0.3, 0.4) is 0 Å². The standard InChI is InChI=1S/C13H14N2O/c16-13(9-8-11-7-4-10-14-11)15-12-5-2-1-3-6-12/h1-7,10,14H,8-9H2,(H,15,16). The number of aromatic amines is 1. The van der Waals surface area contributed by atoms with Gasteiger partial charge >= 0.3 is 0 Å². The lowest BCUT2D eigenvalue weighted by molar-refractivity contribution is -0.116. The fourth-order valence-electron chi connectivity index (χ4n) is 1.52. The molecule has 1 heterocycles. The molecule has 0 unspecified atom stereocenters. The number of nitrogens with one attached hydrogen (secondary N) is 2. The van der Waals surface area contributed by atoms with E-state index in [4.69, 9.17) is 0 Å². The summed E-state index contributed by atoms with van der Waals surface area (Å²) in [6.45, 7) is 0. The highest BCUT2D eigenvalue weighted by Gasteiger charge is 2.02. The average molecular weight is 214 g/mol. The fourth-order valence-corrected chi connectivity index (χ4v) is 1.52. The van der Waals surface area contributed by atoms with Crippen LogP contribution in [0, 0.1) is 0 Å². The van der Waals surface area contributed by atoms with Crippen LogP contribution >= 0.6 is 0 Å². The molecule has 2 rings (SSSR count). The van der Waals surface area contributed by atoms with Crippen molar-refractivity contribution in [3.05, 3.63) is 54.4 Å². The molecule has 2 aromatic rings. The van der Waals surface area contributed by atoms with E-state index < -0.39 is 0 Å². The number of benzene rings is 1. The van der Waals surface area contributed by atoms with Crippen LogP contribution in [0.2, 0.25) is 0 Å². The second kappa shape index (κ2) is 5.16. The summed E-state index contributed by atoms with van der Waals surface area (Å²) in [5, 5.41) is 2.85. The van der Waals surface area contributed by atoms with Crippen molar-refractivity contribution < 1.29 is 4.79 Å². The van der Waals surface area contributed by atoms with Gasteiger partial charge in [0.1, 0.15) is 0 Å². The zero-order chi connectivity index (χ0) is 11.2. The molecule has 0 atom stereocenters. The molecule has 2 N–H and O–H groups in total. The predicted octanol–water partition coefficient (Wildman–Crippen LogP) is 2.59.